The molecule has 0 aromatic heterocycles. The van der Waals surface area contributed by atoms with Crippen LogP contribution in [0.3, 0.4) is 0 Å². The van der Waals surface area contributed by atoms with Gasteiger partial charge in [0.2, 0.25) is 11.8 Å². The van der Waals surface area contributed by atoms with Gasteiger partial charge in [-0.05, 0) is 36.1 Å². The molecule has 0 saturated carbocycles. The summed E-state index contributed by atoms with van der Waals surface area (Å²) in [6, 6.07) is 14.1. The van der Waals surface area contributed by atoms with Crippen LogP contribution in [0.15, 0.2) is 48.5 Å². The molecule has 2 aromatic rings. The summed E-state index contributed by atoms with van der Waals surface area (Å²) in [4.78, 5) is 36.6. The molecule has 0 saturated heterocycles. The van der Waals surface area contributed by atoms with Crippen LogP contribution in [-0.4, -0.2) is 24.9 Å². The van der Waals surface area contributed by atoms with Gasteiger partial charge >= 0.3 is 5.97 Å². The molecule has 1 atom stereocenters. The average molecular weight is 338 g/mol. The van der Waals surface area contributed by atoms with Gasteiger partial charge in [0.25, 0.3) is 0 Å². The van der Waals surface area contributed by atoms with Crippen molar-refractivity contribution in [2.45, 2.75) is 12.8 Å². The molecule has 2 aromatic carbocycles. The Hall–Kier alpha value is -3.15. The molecule has 1 aliphatic heterocycles. The van der Waals surface area contributed by atoms with Gasteiger partial charge in [-0.25, -0.2) is 4.79 Å². The highest BCUT2D eigenvalue weighted by atomic mass is 16.5. The fourth-order valence-electron chi connectivity index (χ4n) is 3.11. The van der Waals surface area contributed by atoms with Gasteiger partial charge in [-0.1, -0.05) is 36.4 Å². The van der Waals surface area contributed by atoms with Gasteiger partial charge in [0, 0.05) is 5.69 Å². The maximum atomic E-state index is 12.7. The molecule has 1 aliphatic rings. The van der Waals surface area contributed by atoms with Crippen LogP contribution in [0.5, 0.6) is 0 Å². The number of carbonyl (C=O) groups is 3. The van der Waals surface area contributed by atoms with Crippen LogP contribution < -0.4 is 11.1 Å². The van der Waals surface area contributed by atoms with E-state index in [4.69, 9.17) is 5.73 Å². The van der Waals surface area contributed by atoms with Crippen molar-refractivity contribution in [2.75, 3.05) is 12.4 Å². The summed E-state index contributed by atoms with van der Waals surface area (Å²) >= 11 is 0. The van der Waals surface area contributed by atoms with Crippen molar-refractivity contribution in [2.24, 2.45) is 11.1 Å². The van der Waals surface area contributed by atoms with E-state index >= 15 is 0 Å². The minimum absolute atomic E-state index is 0.180. The van der Waals surface area contributed by atoms with E-state index in [2.05, 4.69) is 10.1 Å². The van der Waals surface area contributed by atoms with Crippen LogP contribution in [0.2, 0.25) is 0 Å². The fourth-order valence-corrected chi connectivity index (χ4v) is 3.11. The van der Waals surface area contributed by atoms with E-state index < -0.39 is 23.2 Å². The van der Waals surface area contributed by atoms with Gasteiger partial charge in [-0.3, -0.25) is 9.59 Å². The number of rotatable bonds is 4. The smallest absolute Gasteiger partial charge is 0.337 e. The largest absolute Gasteiger partial charge is 0.465 e. The Morgan fingerprint density at radius 1 is 1.20 bits per heavy atom. The predicted octanol–water partition coefficient (Wildman–Crippen LogP) is 1.68. The summed E-state index contributed by atoms with van der Waals surface area (Å²) in [5.41, 5.74) is 6.70. The minimum Gasteiger partial charge on any atom is -0.465 e. The zero-order valence-electron chi connectivity index (χ0n) is 13.7. The van der Waals surface area contributed by atoms with Crippen molar-refractivity contribution < 1.29 is 19.1 Å². The first-order valence-corrected chi connectivity index (χ1v) is 7.83. The number of methoxy groups -OCH3 is 1. The zero-order chi connectivity index (χ0) is 18.0. The van der Waals surface area contributed by atoms with Gasteiger partial charge in [0.05, 0.1) is 12.7 Å². The molecule has 0 aliphatic carbocycles. The first-order chi connectivity index (χ1) is 12.0. The fraction of sp³-hybridized carbons (Fsp3) is 0.211. The molecule has 0 fully saturated rings. The van der Waals surface area contributed by atoms with E-state index in [0.717, 1.165) is 11.1 Å². The van der Waals surface area contributed by atoms with Crippen molar-refractivity contribution in [1.82, 2.24) is 0 Å². The average Bonchev–Trinajstić information content (AvgIpc) is 2.62. The number of benzene rings is 2. The number of primary amides is 1. The van der Waals surface area contributed by atoms with Gasteiger partial charge in [0.15, 0.2) is 0 Å². The molecule has 0 spiro atoms. The summed E-state index contributed by atoms with van der Waals surface area (Å²) in [7, 11) is 1.29. The summed E-state index contributed by atoms with van der Waals surface area (Å²) in [6.07, 6.45) is 0.396. The summed E-state index contributed by atoms with van der Waals surface area (Å²) in [5.74, 6) is -1.62. The number of carbonyl (C=O) groups excluding carboxylic acids is 3. The van der Waals surface area contributed by atoms with E-state index in [1.54, 1.807) is 18.2 Å². The normalized spacial score (nSPS) is 18.8. The minimum atomic E-state index is -1.36. The maximum absolute atomic E-state index is 12.7. The lowest BCUT2D eigenvalue weighted by atomic mass is 9.72. The Labute approximate surface area is 145 Å². The second-order valence-electron chi connectivity index (χ2n) is 6.10. The molecule has 3 N–H and O–H groups in total. The van der Waals surface area contributed by atoms with Crippen molar-refractivity contribution in [1.29, 1.82) is 0 Å². The van der Waals surface area contributed by atoms with E-state index in [0.29, 0.717) is 11.3 Å². The molecular formula is C19H18N2O4. The van der Waals surface area contributed by atoms with Gasteiger partial charge < -0.3 is 15.8 Å². The highest BCUT2D eigenvalue weighted by Crippen LogP contribution is 2.37. The SMILES string of the molecule is COC(=O)c1ccc2c(c1)NC(=O)C(Cc1ccccc1)(C(N)=O)C2. The number of ether oxygens (including phenoxy) is 1. The number of esters is 1. The lowest BCUT2D eigenvalue weighted by Crippen LogP contribution is -2.52. The third-order valence-corrected chi connectivity index (χ3v) is 4.53. The quantitative estimate of drug-likeness (QED) is 0.654. The van der Waals surface area contributed by atoms with Gasteiger partial charge in [0.1, 0.15) is 5.41 Å². The first-order valence-electron chi connectivity index (χ1n) is 7.83. The van der Waals surface area contributed by atoms with Gasteiger partial charge in [-0.2, -0.15) is 0 Å². The standard InChI is InChI=1S/C19H18N2O4/c1-25-16(22)13-7-8-14-11-19(17(20)23,18(24)21-15(14)9-13)10-12-5-3-2-4-6-12/h2-9H,10-11H2,1H3,(H2,20,23)(H,21,24). The highest BCUT2D eigenvalue weighted by molar-refractivity contribution is 6.12. The molecule has 6 nitrogen and oxygen atoms in total. The molecule has 0 bridgehead atoms. The van der Waals surface area contributed by atoms with Crippen LogP contribution in [-0.2, 0) is 27.2 Å². The molecular weight excluding hydrogens is 320 g/mol. The molecule has 0 radical (unpaired) electrons. The van der Waals surface area contributed by atoms with Crippen molar-refractivity contribution in [3.63, 3.8) is 0 Å². The van der Waals surface area contributed by atoms with Crippen LogP contribution in [0.4, 0.5) is 5.69 Å². The van der Waals surface area contributed by atoms with E-state index in [-0.39, 0.29) is 12.8 Å². The predicted molar refractivity (Wildman–Crippen MR) is 91.9 cm³/mol. The Kier molecular flexibility index (Phi) is 4.27. The van der Waals surface area contributed by atoms with E-state index in [1.807, 2.05) is 30.3 Å². The third-order valence-electron chi connectivity index (χ3n) is 4.53. The summed E-state index contributed by atoms with van der Waals surface area (Å²) < 4.78 is 4.69. The van der Waals surface area contributed by atoms with Crippen LogP contribution >= 0.6 is 0 Å². The molecule has 1 unspecified atom stereocenters. The number of anilines is 1. The topological polar surface area (TPSA) is 98.5 Å². The van der Waals surface area contributed by atoms with Crippen molar-refractivity contribution >= 4 is 23.5 Å². The molecule has 25 heavy (non-hydrogen) atoms. The number of nitrogens with two attached hydrogens (primary N) is 1. The molecule has 3 rings (SSSR count). The van der Waals surface area contributed by atoms with Crippen LogP contribution in [0.25, 0.3) is 0 Å². The second-order valence-corrected chi connectivity index (χ2v) is 6.10. The highest BCUT2D eigenvalue weighted by Gasteiger charge is 2.47. The Morgan fingerprint density at radius 2 is 1.92 bits per heavy atom. The third kappa shape index (κ3) is 2.98. The lowest BCUT2D eigenvalue weighted by molar-refractivity contribution is -0.138. The van der Waals surface area contributed by atoms with Crippen molar-refractivity contribution in [3.8, 4) is 0 Å². The lowest BCUT2D eigenvalue weighted by Gasteiger charge is -2.34. The van der Waals surface area contributed by atoms with Crippen molar-refractivity contribution in [3.05, 3.63) is 65.2 Å². The Bertz CT molecular complexity index is 848. The maximum Gasteiger partial charge on any atom is 0.337 e. The number of amides is 2. The Balaban J connectivity index is 1.99. The molecule has 128 valence electrons. The number of hydrogen-bond donors (Lipinski definition) is 2. The number of fused-ring (bicyclic) bond motifs is 1. The molecule has 1 heterocycles. The van der Waals surface area contributed by atoms with Crippen LogP contribution in [0.1, 0.15) is 21.5 Å². The van der Waals surface area contributed by atoms with Gasteiger partial charge in [-0.15, -0.1) is 0 Å². The van der Waals surface area contributed by atoms with E-state index in [9.17, 15) is 14.4 Å². The number of hydrogen-bond acceptors (Lipinski definition) is 4. The molecule has 6 heteroatoms. The number of nitrogens with one attached hydrogen (secondary N) is 1. The monoisotopic (exact) mass is 338 g/mol. The Morgan fingerprint density at radius 3 is 2.56 bits per heavy atom. The summed E-state index contributed by atoms with van der Waals surface area (Å²) in [5, 5.41) is 2.72. The van der Waals surface area contributed by atoms with Crippen LogP contribution in [0, 0.1) is 5.41 Å². The zero-order valence-corrected chi connectivity index (χ0v) is 13.7. The summed E-state index contributed by atoms with van der Waals surface area (Å²) in [6.45, 7) is 0. The van der Waals surface area contributed by atoms with E-state index in [1.165, 1.54) is 7.11 Å². The molecule has 2 amide bonds. The second kappa shape index (κ2) is 6.39. The first kappa shape index (κ1) is 16.7.